The molecule has 5 fully saturated rings. The van der Waals surface area contributed by atoms with E-state index >= 15 is 0 Å². The molecule has 4 saturated carbocycles. The lowest BCUT2D eigenvalue weighted by molar-refractivity contribution is -0.142. The van der Waals surface area contributed by atoms with E-state index in [4.69, 9.17) is 14.5 Å². The van der Waals surface area contributed by atoms with Crippen LogP contribution in [0, 0.1) is 17.8 Å². The first-order valence-corrected chi connectivity index (χ1v) is 21.1. The van der Waals surface area contributed by atoms with E-state index in [0.717, 1.165) is 25.7 Å². The molecule has 55 heavy (non-hydrogen) atoms. The number of rotatable bonds is 7. The Hall–Kier alpha value is -4.66. The molecule has 7 atom stereocenters. The van der Waals surface area contributed by atoms with E-state index in [-0.39, 0.29) is 42.9 Å². The summed E-state index contributed by atoms with van der Waals surface area (Å²) in [6.07, 6.45) is 10.8. The molecule has 2 aliphatic heterocycles. The lowest BCUT2D eigenvalue weighted by Crippen LogP contribution is -2.59. The molecule has 8 rings (SSSR count). The molecular formula is C40H49N5O9S. The third kappa shape index (κ3) is 7.27. The Morgan fingerprint density at radius 2 is 1.85 bits per heavy atom. The van der Waals surface area contributed by atoms with Gasteiger partial charge in [-0.1, -0.05) is 43.2 Å². The second kappa shape index (κ2) is 14.1. The van der Waals surface area contributed by atoms with E-state index in [1.807, 2.05) is 31.2 Å². The maximum Gasteiger partial charge on any atom is 0.408 e. The van der Waals surface area contributed by atoms with Crippen molar-refractivity contribution in [1.29, 1.82) is 0 Å². The summed E-state index contributed by atoms with van der Waals surface area (Å²) in [5.74, 6) is -2.33. The van der Waals surface area contributed by atoms with Crippen LogP contribution in [0.1, 0.15) is 83.1 Å². The maximum atomic E-state index is 14.8. The SMILES string of the molecule is C=C[C@@H]1C[C@]1(NC(=O)[C@@H]1C[C@@H]2CN1C(=O)[C@H](C1CCCC1)NC(=O)O[C@@]1(C)C[C@@H]1CCC=CCc1c(nc3ccccc3c1O)O2)C(=O)NS(=O)(=O)C1CC1. The average molecular weight is 776 g/mol. The first-order valence-electron chi connectivity index (χ1n) is 19.5. The van der Waals surface area contributed by atoms with Crippen LogP contribution >= 0.6 is 0 Å². The number of ether oxygens (including phenoxy) is 2. The van der Waals surface area contributed by atoms with Crippen LogP contribution in [0.2, 0.25) is 0 Å². The minimum atomic E-state index is -3.91. The smallest absolute Gasteiger partial charge is 0.408 e. The Labute approximate surface area is 320 Å². The Morgan fingerprint density at radius 1 is 1.09 bits per heavy atom. The fourth-order valence-electron chi connectivity index (χ4n) is 8.84. The number of allylic oxidation sites excluding steroid dienone is 2. The van der Waals surface area contributed by atoms with Gasteiger partial charge in [-0.15, -0.1) is 6.58 Å². The van der Waals surface area contributed by atoms with Crippen LogP contribution in [0.4, 0.5) is 4.79 Å². The van der Waals surface area contributed by atoms with E-state index in [1.54, 1.807) is 12.1 Å². The van der Waals surface area contributed by atoms with Crippen molar-refractivity contribution in [2.75, 3.05) is 6.54 Å². The summed E-state index contributed by atoms with van der Waals surface area (Å²) in [5, 5.41) is 17.1. The van der Waals surface area contributed by atoms with Gasteiger partial charge in [0.1, 0.15) is 35.1 Å². The molecule has 15 heteroatoms. The largest absolute Gasteiger partial charge is 0.507 e. The third-order valence-corrected chi connectivity index (χ3v) is 14.4. The number of pyridine rings is 1. The summed E-state index contributed by atoms with van der Waals surface area (Å²) in [6, 6.07) is 5.04. The van der Waals surface area contributed by atoms with E-state index < -0.39 is 74.3 Å². The van der Waals surface area contributed by atoms with Crippen LogP contribution in [0.5, 0.6) is 11.6 Å². The summed E-state index contributed by atoms with van der Waals surface area (Å²) in [6.45, 7) is 5.64. The molecule has 4 N–H and O–H groups in total. The van der Waals surface area contributed by atoms with Crippen molar-refractivity contribution >= 4 is 44.7 Å². The molecule has 14 nitrogen and oxygen atoms in total. The zero-order chi connectivity index (χ0) is 38.7. The minimum Gasteiger partial charge on any atom is -0.507 e. The van der Waals surface area contributed by atoms with Crippen molar-refractivity contribution in [2.24, 2.45) is 17.8 Å². The fourth-order valence-corrected chi connectivity index (χ4v) is 10.2. The van der Waals surface area contributed by atoms with Gasteiger partial charge in [0.25, 0.3) is 5.91 Å². The molecule has 1 aromatic heterocycles. The summed E-state index contributed by atoms with van der Waals surface area (Å²) in [7, 11) is -3.91. The number of aromatic nitrogens is 1. The highest BCUT2D eigenvalue weighted by Gasteiger charge is 2.62. The second-order valence-corrected chi connectivity index (χ2v) is 18.4. The molecule has 4 aliphatic carbocycles. The molecule has 2 bridgehead atoms. The Bertz CT molecular complexity index is 2060. The highest BCUT2D eigenvalue weighted by Crippen LogP contribution is 2.50. The molecule has 2 aromatic rings. The van der Waals surface area contributed by atoms with E-state index in [2.05, 4.69) is 21.9 Å². The van der Waals surface area contributed by atoms with Gasteiger partial charge < -0.3 is 30.1 Å². The van der Waals surface area contributed by atoms with Gasteiger partial charge >= 0.3 is 6.09 Å². The number of benzene rings is 1. The number of hydrogen-bond donors (Lipinski definition) is 4. The number of nitrogens with zero attached hydrogens (tertiary/aromatic N) is 2. The van der Waals surface area contributed by atoms with Crippen LogP contribution in [-0.2, 0) is 35.6 Å². The number of nitrogens with one attached hydrogen (secondary N) is 3. The highest BCUT2D eigenvalue weighted by atomic mass is 32.2. The summed E-state index contributed by atoms with van der Waals surface area (Å²) >= 11 is 0. The highest BCUT2D eigenvalue weighted by molar-refractivity contribution is 7.91. The van der Waals surface area contributed by atoms with Crippen LogP contribution in [0.25, 0.3) is 10.9 Å². The summed E-state index contributed by atoms with van der Waals surface area (Å²) in [5.41, 5.74) is -1.24. The van der Waals surface area contributed by atoms with E-state index in [9.17, 15) is 32.7 Å². The molecule has 3 heterocycles. The monoisotopic (exact) mass is 775 g/mol. The minimum absolute atomic E-state index is 0.000529. The zero-order valence-electron chi connectivity index (χ0n) is 31.0. The van der Waals surface area contributed by atoms with Gasteiger partial charge in [0.05, 0.1) is 22.9 Å². The van der Waals surface area contributed by atoms with Crippen molar-refractivity contribution < 1.29 is 42.2 Å². The standard InChI is InChI=1S/C40H49N5O9S/c1-3-24-21-40(24,37(49)44-55(51,52)27-17-18-27)43-34(47)31-19-26-22-45(31)36(48)32(23-11-7-8-12-23)42-38(50)54-39(2)20-25(39)13-5-4-6-15-29-33(46)28-14-9-10-16-30(28)41-35(29)53-26/h3-4,6,9-10,14,16,23-27,31-32H,1,5,7-8,11-13,15,17-22H2,2H3,(H,41,46)(H,42,50)(H,43,47)(H,44,49)/t24-,25+,26-,31+,32+,39+,40-/m1/s1. The van der Waals surface area contributed by atoms with E-state index in [0.29, 0.717) is 55.0 Å². The molecular weight excluding hydrogens is 727 g/mol. The number of alkyl carbamates (subject to hydrolysis) is 1. The van der Waals surface area contributed by atoms with Crippen LogP contribution in [-0.4, -0.2) is 88.3 Å². The molecule has 0 unspecified atom stereocenters. The molecule has 0 radical (unpaired) electrons. The number of sulfonamides is 1. The molecule has 4 amide bonds. The zero-order valence-corrected chi connectivity index (χ0v) is 31.8. The Balaban J connectivity index is 1.14. The predicted octanol–water partition coefficient (Wildman–Crippen LogP) is 3.91. The van der Waals surface area contributed by atoms with Gasteiger partial charge in [-0.3, -0.25) is 19.1 Å². The van der Waals surface area contributed by atoms with Crippen molar-refractivity contribution in [3.63, 3.8) is 0 Å². The number of amides is 4. The van der Waals surface area contributed by atoms with Crippen molar-refractivity contribution in [1.82, 2.24) is 25.2 Å². The predicted molar refractivity (Wildman–Crippen MR) is 201 cm³/mol. The second-order valence-electron chi connectivity index (χ2n) is 16.4. The van der Waals surface area contributed by atoms with Gasteiger partial charge in [-0.25, -0.2) is 18.2 Å². The van der Waals surface area contributed by atoms with Crippen molar-refractivity contribution in [3.05, 3.63) is 54.6 Å². The molecule has 0 spiro atoms. The van der Waals surface area contributed by atoms with Gasteiger partial charge in [0.15, 0.2) is 0 Å². The van der Waals surface area contributed by atoms with E-state index in [1.165, 1.54) is 11.0 Å². The van der Waals surface area contributed by atoms with Crippen molar-refractivity contribution in [3.8, 4) is 11.6 Å². The average Bonchev–Trinajstić information content (AvgIpc) is 4.11. The summed E-state index contributed by atoms with van der Waals surface area (Å²) in [4.78, 5) is 62.4. The lowest BCUT2D eigenvalue weighted by Gasteiger charge is -2.32. The van der Waals surface area contributed by atoms with Crippen LogP contribution in [0.3, 0.4) is 0 Å². The number of para-hydroxylation sites is 1. The molecule has 1 saturated heterocycles. The number of carbonyl (C=O) groups excluding carboxylic acids is 4. The lowest BCUT2D eigenvalue weighted by atomic mass is 9.96. The van der Waals surface area contributed by atoms with Gasteiger partial charge in [0.2, 0.25) is 27.7 Å². The number of hydrogen-bond acceptors (Lipinski definition) is 10. The Kier molecular flexibility index (Phi) is 9.57. The van der Waals surface area contributed by atoms with Gasteiger partial charge in [0, 0.05) is 23.6 Å². The molecule has 1 aromatic carbocycles. The topological polar surface area (TPSA) is 193 Å². The van der Waals surface area contributed by atoms with Crippen LogP contribution in [0.15, 0.2) is 49.1 Å². The quantitative estimate of drug-likeness (QED) is 0.300. The number of aromatic hydroxyl groups is 1. The number of carbonyl (C=O) groups is 4. The van der Waals surface area contributed by atoms with Crippen molar-refractivity contribution in [2.45, 2.75) is 119 Å². The number of fused-ring (bicyclic) bond motifs is 5. The third-order valence-electron chi connectivity index (χ3n) is 12.6. The van der Waals surface area contributed by atoms with Gasteiger partial charge in [-0.2, -0.15) is 0 Å². The molecule has 294 valence electrons. The first kappa shape index (κ1) is 37.3. The van der Waals surface area contributed by atoms with Gasteiger partial charge in [-0.05, 0) is 82.8 Å². The normalized spacial score (nSPS) is 32.5. The Morgan fingerprint density at radius 3 is 2.58 bits per heavy atom. The summed E-state index contributed by atoms with van der Waals surface area (Å²) < 4.78 is 40.2. The maximum absolute atomic E-state index is 14.8. The molecule has 6 aliphatic rings. The fraction of sp³-hybridized carbons (Fsp3) is 0.575. The first-order chi connectivity index (χ1) is 26.3. The van der Waals surface area contributed by atoms with Crippen LogP contribution < -0.4 is 20.1 Å².